The van der Waals surface area contributed by atoms with Crippen molar-refractivity contribution in [3.05, 3.63) is 46.1 Å². The van der Waals surface area contributed by atoms with Crippen LogP contribution < -0.4 is 0 Å². The van der Waals surface area contributed by atoms with E-state index in [0.29, 0.717) is 11.6 Å². The van der Waals surface area contributed by atoms with Gasteiger partial charge in [-0.3, -0.25) is 9.69 Å². The van der Waals surface area contributed by atoms with Crippen LogP contribution in [0, 0.1) is 12.8 Å². The number of likely N-dealkylation sites (tertiary alicyclic amines) is 1. The lowest BCUT2D eigenvalue weighted by molar-refractivity contribution is -0.149. The Balaban J connectivity index is 1.66. The number of carbonyl (C=O) groups excluding carboxylic acids is 1. The van der Waals surface area contributed by atoms with Crippen molar-refractivity contribution in [1.29, 1.82) is 0 Å². The molecule has 0 radical (unpaired) electrons. The highest BCUT2D eigenvalue weighted by Gasteiger charge is 2.34. The van der Waals surface area contributed by atoms with Crippen LogP contribution in [0.4, 0.5) is 0 Å². The van der Waals surface area contributed by atoms with Crippen LogP contribution in [0.15, 0.2) is 24.3 Å². The van der Waals surface area contributed by atoms with E-state index < -0.39 is 0 Å². The zero-order chi connectivity index (χ0) is 21.3. The van der Waals surface area contributed by atoms with Crippen LogP contribution in [0.3, 0.4) is 0 Å². The average molecular weight is 429 g/mol. The second-order valence-electron chi connectivity index (χ2n) is 7.74. The third-order valence-electron chi connectivity index (χ3n) is 5.72. The Hall–Kier alpha value is -2.45. The highest BCUT2D eigenvalue weighted by atomic mass is 32.1. The predicted octanol–water partition coefficient (Wildman–Crippen LogP) is 3.73. The third-order valence-corrected chi connectivity index (χ3v) is 6.79. The molecule has 2 aromatic heterocycles. The average Bonchev–Trinajstić information content (AvgIpc) is 3.29. The maximum absolute atomic E-state index is 12.2. The molecule has 1 fully saturated rings. The Morgan fingerprint density at radius 2 is 1.97 bits per heavy atom. The fraction of sp³-hybridized carbons (Fsp3) is 0.500. The quantitative estimate of drug-likeness (QED) is 0.603. The number of thiazole rings is 1. The van der Waals surface area contributed by atoms with Crippen LogP contribution in [-0.4, -0.2) is 50.3 Å². The van der Waals surface area contributed by atoms with E-state index in [1.54, 1.807) is 4.52 Å². The number of piperidine rings is 1. The van der Waals surface area contributed by atoms with E-state index in [1.807, 2.05) is 13.8 Å². The molecule has 8 heteroatoms. The standard InChI is InChI=1S/C22H28N4O3S/c1-4-17-23-22-26(24-17)20(27)19(30-22)18(15-8-6-14(3)7-9-15)25-12-10-16(11-13-25)21(28)29-5-2/h6-9,16,18,27H,4-5,10-13H2,1-3H3/t18-/m1/s1. The molecule has 0 unspecified atom stereocenters. The monoisotopic (exact) mass is 428 g/mol. The molecule has 4 rings (SSSR count). The first-order chi connectivity index (χ1) is 14.5. The Morgan fingerprint density at radius 3 is 2.57 bits per heavy atom. The SMILES string of the molecule is CCOC(=O)C1CCN([C@H](c2ccc(C)cc2)c2sc3nc(CC)nn3c2O)CC1. The number of hydrogen-bond donors (Lipinski definition) is 1. The number of aromatic nitrogens is 3. The summed E-state index contributed by atoms with van der Waals surface area (Å²) in [5, 5.41) is 15.4. The molecular formula is C22H28N4O3S. The molecule has 160 valence electrons. The van der Waals surface area contributed by atoms with Crippen molar-refractivity contribution >= 4 is 22.3 Å². The molecular weight excluding hydrogens is 400 g/mol. The molecule has 3 heterocycles. The molecule has 1 aliphatic heterocycles. The molecule has 30 heavy (non-hydrogen) atoms. The predicted molar refractivity (Wildman–Crippen MR) is 116 cm³/mol. The Labute approximate surface area is 180 Å². The summed E-state index contributed by atoms with van der Waals surface area (Å²) < 4.78 is 6.76. The number of aryl methyl sites for hydroxylation is 2. The maximum Gasteiger partial charge on any atom is 0.309 e. The van der Waals surface area contributed by atoms with Crippen LogP contribution in [0.5, 0.6) is 5.88 Å². The van der Waals surface area contributed by atoms with Gasteiger partial charge in [0.1, 0.15) is 0 Å². The van der Waals surface area contributed by atoms with Crippen molar-refractivity contribution < 1.29 is 14.6 Å². The molecule has 0 bridgehead atoms. The third kappa shape index (κ3) is 3.94. The second-order valence-corrected chi connectivity index (χ2v) is 8.75. The number of rotatable bonds is 6. The minimum absolute atomic E-state index is 0.0529. The van der Waals surface area contributed by atoms with Gasteiger partial charge < -0.3 is 9.84 Å². The number of aromatic hydroxyl groups is 1. The number of hydrogen-bond acceptors (Lipinski definition) is 7. The smallest absolute Gasteiger partial charge is 0.309 e. The molecule has 1 saturated heterocycles. The minimum atomic E-state index is -0.104. The van der Waals surface area contributed by atoms with Gasteiger partial charge in [-0.05, 0) is 45.3 Å². The summed E-state index contributed by atoms with van der Waals surface area (Å²) in [6.45, 7) is 7.84. The van der Waals surface area contributed by atoms with Gasteiger partial charge in [0.05, 0.1) is 23.4 Å². The van der Waals surface area contributed by atoms with Crippen molar-refractivity contribution in [2.45, 2.75) is 46.1 Å². The summed E-state index contributed by atoms with van der Waals surface area (Å²) in [7, 11) is 0. The first kappa shape index (κ1) is 20.8. The van der Waals surface area contributed by atoms with E-state index in [-0.39, 0.29) is 23.8 Å². The van der Waals surface area contributed by atoms with Crippen LogP contribution in [0.25, 0.3) is 4.96 Å². The number of nitrogens with zero attached hydrogens (tertiary/aromatic N) is 4. The lowest BCUT2D eigenvalue weighted by Gasteiger charge is -2.36. The Morgan fingerprint density at radius 1 is 1.27 bits per heavy atom. The van der Waals surface area contributed by atoms with Gasteiger partial charge >= 0.3 is 5.97 Å². The number of esters is 1. The van der Waals surface area contributed by atoms with Crippen LogP contribution >= 0.6 is 11.3 Å². The zero-order valence-corrected chi connectivity index (χ0v) is 18.5. The van der Waals surface area contributed by atoms with Gasteiger partial charge in [0.25, 0.3) is 0 Å². The molecule has 0 spiro atoms. The van der Waals surface area contributed by atoms with Gasteiger partial charge in [-0.15, -0.1) is 5.10 Å². The Bertz CT molecular complexity index is 1020. The highest BCUT2D eigenvalue weighted by molar-refractivity contribution is 7.17. The van der Waals surface area contributed by atoms with E-state index in [0.717, 1.165) is 48.6 Å². The van der Waals surface area contributed by atoms with Gasteiger partial charge in [0.15, 0.2) is 5.82 Å². The number of fused-ring (bicyclic) bond motifs is 1. The first-order valence-electron chi connectivity index (χ1n) is 10.6. The fourth-order valence-corrected chi connectivity index (χ4v) is 5.18. The maximum atomic E-state index is 12.2. The molecule has 1 aromatic carbocycles. The van der Waals surface area contributed by atoms with Crippen molar-refractivity contribution in [3.63, 3.8) is 0 Å². The van der Waals surface area contributed by atoms with E-state index in [4.69, 9.17) is 4.74 Å². The highest BCUT2D eigenvalue weighted by Crippen LogP contribution is 2.41. The van der Waals surface area contributed by atoms with E-state index >= 15 is 0 Å². The van der Waals surface area contributed by atoms with Gasteiger partial charge in [0, 0.05) is 6.42 Å². The van der Waals surface area contributed by atoms with E-state index in [9.17, 15) is 9.90 Å². The zero-order valence-electron chi connectivity index (χ0n) is 17.7. The largest absolute Gasteiger partial charge is 0.492 e. The number of benzene rings is 1. The van der Waals surface area contributed by atoms with E-state index in [1.165, 1.54) is 16.9 Å². The van der Waals surface area contributed by atoms with Crippen LogP contribution in [0.1, 0.15) is 54.6 Å². The van der Waals surface area contributed by atoms with Crippen molar-refractivity contribution in [2.75, 3.05) is 19.7 Å². The van der Waals surface area contributed by atoms with Crippen LogP contribution in [0.2, 0.25) is 0 Å². The summed E-state index contributed by atoms with van der Waals surface area (Å²) in [6, 6.07) is 8.31. The van der Waals surface area contributed by atoms with Crippen molar-refractivity contribution in [3.8, 4) is 5.88 Å². The van der Waals surface area contributed by atoms with Crippen LogP contribution in [-0.2, 0) is 16.0 Å². The molecule has 1 atom stereocenters. The molecule has 0 amide bonds. The van der Waals surface area contributed by atoms with E-state index in [2.05, 4.69) is 46.2 Å². The van der Waals surface area contributed by atoms with Gasteiger partial charge in [0.2, 0.25) is 10.8 Å². The molecule has 7 nitrogen and oxygen atoms in total. The minimum Gasteiger partial charge on any atom is -0.492 e. The summed E-state index contributed by atoms with van der Waals surface area (Å²) in [6.07, 6.45) is 2.23. The summed E-state index contributed by atoms with van der Waals surface area (Å²) in [4.78, 5) is 20.6. The van der Waals surface area contributed by atoms with Crippen molar-refractivity contribution in [1.82, 2.24) is 19.5 Å². The lowest BCUT2D eigenvalue weighted by atomic mass is 9.93. The molecule has 0 aliphatic carbocycles. The molecule has 0 saturated carbocycles. The number of ether oxygens (including phenoxy) is 1. The summed E-state index contributed by atoms with van der Waals surface area (Å²) in [5.41, 5.74) is 2.31. The fourth-order valence-electron chi connectivity index (χ4n) is 4.05. The summed E-state index contributed by atoms with van der Waals surface area (Å²) >= 11 is 1.48. The van der Waals surface area contributed by atoms with Gasteiger partial charge in [-0.25, -0.2) is 4.98 Å². The van der Waals surface area contributed by atoms with Crippen molar-refractivity contribution in [2.24, 2.45) is 5.92 Å². The lowest BCUT2D eigenvalue weighted by Crippen LogP contribution is -2.39. The molecule has 3 aromatic rings. The topological polar surface area (TPSA) is 80.0 Å². The molecule has 1 aliphatic rings. The first-order valence-corrected chi connectivity index (χ1v) is 11.4. The van der Waals surface area contributed by atoms with Gasteiger partial charge in [-0.1, -0.05) is 48.1 Å². The molecule has 1 N–H and O–H groups in total. The number of carbonyl (C=O) groups is 1. The normalized spacial score (nSPS) is 16.8. The summed E-state index contributed by atoms with van der Waals surface area (Å²) in [5.74, 6) is 0.728. The second kappa shape index (κ2) is 8.73. The van der Waals surface area contributed by atoms with Gasteiger partial charge in [-0.2, -0.15) is 4.52 Å². The Kier molecular flexibility index (Phi) is 6.06.